The van der Waals surface area contributed by atoms with Gasteiger partial charge in [-0.25, -0.2) is 19.9 Å². The average Bonchev–Trinajstić information content (AvgIpc) is 3.43. The van der Waals surface area contributed by atoms with Crippen LogP contribution in [0.1, 0.15) is 0 Å². The van der Waals surface area contributed by atoms with E-state index < -0.39 is 0 Å². The molecule has 0 aliphatic rings. The lowest BCUT2D eigenvalue weighted by atomic mass is 10.2. The van der Waals surface area contributed by atoms with Gasteiger partial charge in [-0.05, 0) is 30.3 Å². The van der Waals surface area contributed by atoms with Crippen molar-refractivity contribution in [1.82, 2.24) is 45.1 Å². The number of hydrogen-bond donors (Lipinski definition) is 2. The third kappa shape index (κ3) is 2.60. The number of nitrogens with zero attached hydrogens (tertiary/aromatic N) is 7. The SMILES string of the molecule is c1ccc(-c2nccc3[nH]c(-c4n[nH]c5ccc(-c6cncnc6)nc45)nc23)nc1. The molecular formula is C21H13N9. The van der Waals surface area contributed by atoms with Gasteiger partial charge in [0, 0.05) is 30.4 Å². The summed E-state index contributed by atoms with van der Waals surface area (Å²) in [5.41, 5.74) is 6.81. The molecule has 0 fully saturated rings. The zero-order valence-corrected chi connectivity index (χ0v) is 15.5. The van der Waals surface area contributed by atoms with Crippen molar-refractivity contribution in [1.29, 1.82) is 0 Å². The Morgan fingerprint density at radius 3 is 2.47 bits per heavy atom. The number of fused-ring (bicyclic) bond motifs is 2. The molecule has 0 aliphatic carbocycles. The van der Waals surface area contributed by atoms with Crippen LogP contribution in [0.2, 0.25) is 0 Å². The molecule has 0 bridgehead atoms. The third-order valence-electron chi connectivity index (χ3n) is 4.80. The molecule has 9 nitrogen and oxygen atoms in total. The summed E-state index contributed by atoms with van der Waals surface area (Å²) in [5, 5.41) is 7.47. The van der Waals surface area contributed by atoms with Gasteiger partial charge >= 0.3 is 0 Å². The molecule has 0 unspecified atom stereocenters. The maximum absolute atomic E-state index is 4.78. The summed E-state index contributed by atoms with van der Waals surface area (Å²) in [6.07, 6.45) is 8.43. The maximum atomic E-state index is 4.78. The van der Waals surface area contributed by atoms with Crippen LogP contribution in [-0.4, -0.2) is 45.1 Å². The maximum Gasteiger partial charge on any atom is 0.161 e. The fourth-order valence-corrected chi connectivity index (χ4v) is 3.39. The van der Waals surface area contributed by atoms with E-state index >= 15 is 0 Å². The summed E-state index contributed by atoms with van der Waals surface area (Å²) >= 11 is 0. The van der Waals surface area contributed by atoms with Crippen molar-refractivity contribution in [2.24, 2.45) is 0 Å². The lowest BCUT2D eigenvalue weighted by Crippen LogP contribution is -1.89. The van der Waals surface area contributed by atoms with Gasteiger partial charge in [0.05, 0.1) is 22.4 Å². The highest BCUT2D eigenvalue weighted by atomic mass is 15.2. The van der Waals surface area contributed by atoms with Crippen LogP contribution in [0, 0.1) is 0 Å². The van der Waals surface area contributed by atoms with Crippen molar-refractivity contribution in [3.8, 4) is 34.2 Å². The summed E-state index contributed by atoms with van der Waals surface area (Å²) in [7, 11) is 0. The van der Waals surface area contributed by atoms with Gasteiger partial charge in [0.1, 0.15) is 23.1 Å². The second-order valence-corrected chi connectivity index (χ2v) is 6.65. The Hall–Kier alpha value is -4.53. The van der Waals surface area contributed by atoms with Crippen LogP contribution in [0.3, 0.4) is 0 Å². The van der Waals surface area contributed by atoms with Crippen LogP contribution < -0.4 is 0 Å². The Balaban J connectivity index is 1.52. The van der Waals surface area contributed by atoms with Crippen LogP contribution in [0.15, 0.2) is 67.5 Å². The van der Waals surface area contributed by atoms with Gasteiger partial charge in [0.15, 0.2) is 11.5 Å². The highest BCUT2D eigenvalue weighted by Crippen LogP contribution is 2.29. The number of aromatic amines is 2. The molecule has 6 heterocycles. The van der Waals surface area contributed by atoms with Gasteiger partial charge in [0.25, 0.3) is 0 Å². The van der Waals surface area contributed by atoms with E-state index in [2.05, 4.69) is 35.1 Å². The molecule has 0 aromatic carbocycles. The average molecular weight is 391 g/mol. The summed E-state index contributed by atoms with van der Waals surface area (Å²) in [6, 6.07) is 11.4. The van der Waals surface area contributed by atoms with Crippen LogP contribution >= 0.6 is 0 Å². The second kappa shape index (κ2) is 6.52. The highest BCUT2D eigenvalue weighted by molar-refractivity contribution is 5.94. The molecule has 0 saturated heterocycles. The van der Waals surface area contributed by atoms with Crippen molar-refractivity contribution in [2.45, 2.75) is 0 Å². The van der Waals surface area contributed by atoms with Crippen molar-refractivity contribution in [2.75, 3.05) is 0 Å². The van der Waals surface area contributed by atoms with E-state index in [0.29, 0.717) is 22.7 Å². The van der Waals surface area contributed by atoms with Crippen molar-refractivity contribution >= 4 is 22.1 Å². The normalized spacial score (nSPS) is 11.3. The van der Waals surface area contributed by atoms with E-state index in [-0.39, 0.29) is 0 Å². The van der Waals surface area contributed by atoms with Crippen LogP contribution in [0.4, 0.5) is 0 Å². The van der Waals surface area contributed by atoms with Crippen molar-refractivity contribution in [3.63, 3.8) is 0 Å². The number of imidazole rings is 1. The summed E-state index contributed by atoms with van der Waals surface area (Å²) in [4.78, 5) is 29.9. The standard InChI is InChI=1S/C21H13N9/c1-2-7-24-14(3-1)17-18-15(6-8-25-17)27-21(28-18)20-19-16(29-30-20)5-4-13(26-19)12-9-22-11-23-10-12/h1-11H,(H,27,28)(H,29,30). The van der Waals surface area contributed by atoms with Gasteiger partial charge in [0.2, 0.25) is 0 Å². The molecule has 142 valence electrons. The quantitative estimate of drug-likeness (QED) is 0.474. The largest absolute Gasteiger partial charge is 0.336 e. The minimum Gasteiger partial charge on any atom is -0.336 e. The van der Waals surface area contributed by atoms with Gasteiger partial charge in [-0.15, -0.1) is 0 Å². The summed E-state index contributed by atoms with van der Waals surface area (Å²) in [6.45, 7) is 0. The summed E-state index contributed by atoms with van der Waals surface area (Å²) < 4.78 is 0. The number of aromatic nitrogens is 9. The molecule has 6 rings (SSSR count). The van der Waals surface area contributed by atoms with Crippen LogP contribution in [0.25, 0.3) is 56.2 Å². The molecule has 0 radical (unpaired) electrons. The van der Waals surface area contributed by atoms with Gasteiger partial charge in [-0.3, -0.25) is 15.1 Å². The minimum atomic E-state index is 0.607. The van der Waals surface area contributed by atoms with E-state index in [1.165, 1.54) is 6.33 Å². The Morgan fingerprint density at radius 2 is 1.60 bits per heavy atom. The zero-order valence-electron chi connectivity index (χ0n) is 15.5. The Labute approximate surface area is 169 Å². The monoisotopic (exact) mass is 391 g/mol. The molecule has 6 aromatic heterocycles. The topological polar surface area (TPSA) is 122 Å². The minimum absolute atomic E-state index is 0.607. The molecule has 0 spiro atoms. The first kappa shape index (κ1) is 16.4. The lowest BCUT2D eigenvalue weighted by molar-refractivity contribution is 1.10. The number of nitrogens with one attached hydrogen (secondary N) is 2. The molecular weight excluding hydrogens is 378 g/mol. The molecule has 6 aromatic rings. The van der Waals surface area contributed by atoms with Crippen LogP contribution in [-0.2, 0) is 0 Å². The number of pyridine rings is 3. The predicted octanol–water partition coefficient (Wildman–Crippen LogP) is 3.42. The number of rotatable bonds is 3. The molecule has 0 amide bonds. The van der Waals surface area contributed by atoms with Crippen LogP contribution in [0.5, 0.6) is 0 Å². The van der Waals surface area contributed by atoms with Crippen molar-refractivity contribution in [3.05, 3.63) is 67.5 Å². The highest BCUT2D eigenvalue weighted by Gasteiger charge is 2.17. The van der Waals surface area contributed by atoms with Gasteiger partial charge in [-0.2, -0.15) is 5.10 Å². The third-order valence-corrected chi connectivity index (χ3v) is 4.80. The molecule has 9 heteroatoms. The molecule has 30 heavy (non-hydrogen) atoms. The fourth-order valence-electron chi connectivity index (χ4n) is 3.39. The van der Waals surface area contributed by atoms with E-state index in [4.69, 9.17) is 9.97 Å². The van der Waals surface area contributed by atoms with E-state index in [9.17, 15) is 0 Å². The first-order chi connectivity index (χ1) is 14.9. The molecule has 0 saturated carbocycles. The Bertz CT molecular complexity index is 1490. The predicted molar refractivity (Wildman–Crippen MR) is 111 cm³/mol. The Kier molecular flexibility index (Phi) is 3.57. The van der Waals surface area contributed by atoms with Gasteiger partial charge in [-0.1, -0.05) is 6.07 Å². The molecule has 0 aliphatic heterocycles. The fraction of sp³-hybridized carbons (Fsp3) is 0. The smallest absolute Gasteiger partial charge is 0.161 e. The number of H-pyrrole nitrogens is 2. The van der Waals surface area contributed by atoms with Crippen molar-refractivity contribution < 1.29 is 0 Å². The van der Waals surface area contributed by atoms with E-state index in [0.717, 1.165) is 33.5 Å². The molecule has 2 N–H and O–H groups in total. The zero-order chi connectivity index (χ0) is 19.9. The lowest BCUT2D eigenvalue weighted by Gasteiger charge is -2.00. The van der Waals surface area contributed by atoms with E-state index in [1.807, 2.05) is 36.4 Å². The Morgan fingerprint density at radius 1 is 0.700 bits per heavy atom. The molecule has 0 atom stereocenters. The summed E-state index contributed by atoms with van der Waals surface area (Å²) in [5.74, 6) is 0.607. The number of hydrogen-bond acceptors (Lipinski definition) is 7. The van der Waals surface area contributed by atoms with Gasteiger partial charge < -0.3 is 4.98 Å². The van der Waals surface area contributed by atoms with E-state index in [1.54, 1.807) is 24.8 Å². The first-order valence-corrected chi connectivity index (χ1v) is 9.24. The second-order valence-electron chi connectivity index (χ2n) is 6.65. The first-order valence-electron chi connectivity index (χ1n) is 9.24.